The first-order valence-corrected chi connectivity index (χ1v) is 8.87. The number of anilines is 3. The van der Waals surface area contributed by atoms with Crippen molar-refractivity contribution in [2.24, 2.45) is 0 Å². The summed E-state index contributed by atoms with van der Waals surface area (Å²) in [6, 6.07) is 4.48. The van der Waals surface area contributed by atoms with Gasteiger partial charge >= 0.3 is 0 Å². The number of nitro groups is 1. The summed E-state index contributed by atoms with van der Waals surface area (Å²) >= 11 is 0. The first-order valence-electron chi connectivity index (χ1n) is 8.87. The van der Waals surface area contributed by atoms with Crippen molar-refractivity contribution in [3.8, 4) is 46.0 Å². The van der Waals surface area contributed by atoms with Gasteiger partial charge in [-0.3, -0.25) is 15.0 Å². The van der Waals surface area contributed by atoms with Crippen LogP contribution in [0.15, 0.2) is 24.3 Å². The van der Waals surface area contributed by atoms with Crippen LogP contribution in [-0.2, 0) is 0 Å². The molecule has 0 bridgehead atoms. The molecule has 0 saturated heterocycles. The third-order valence-corrected chi connectivity index (χ3v) is 5.04. The van der Waals surface area contributed by atoms with E-state index in [0.29, 0.717) is 4.90 Å². The van der Waals surface area contributed by atoms with Crippen LogP contribution in [0.2, 0.25) is 0 Å². The maximum absolute atomic E-state index is 11.3. The molecular weight excluding hydrogens is 428 g/mol. The van der Waals surface area contributed by atoms with Gasteiger partial charge in [0.15, 0.2) is 23.0 Å². The van der Waals surface area contributed by atoms with E-state index in [1.54, 1.807) is 0 Å². The van der Waals surface area contributed by atoms with Crippen LogP contribution in [0, 0.1) is 24.0 Å². The predicted octanol–water partition coefficient (Wildman–Crippen LogP) is 3.33. The quantitative estimate of drug-likeness (QED) is 0.126. The SMILES string of the molecule is Cc1c(C)c(O)c(N(c2cccc([N+](=O)[O-])c2)c2c(O)c(O)c(O)c(O)c2O)c(O)c1O. The second kappa shape index (κ2) is 7.50. The van der Waals surface area contributed by atoms with Crippen LogP contribution < -0.4 is 4.90 Å². The Morgan fingerprint density at radius 1 is 0.688 bits per heavy atom. The van der Waals surface area contributed by atoms with E-state index in [1.807, 2.05) is 0 Å². The predicted molar refractivity (Wildman–Crippen MR) is 111 cm³/mol. The molecule has 3 aromatic rings. The Labute approximate surface area is 179 Å². The van der Waals surface area contributed by atoms with Crippen molar-refractivity contribution in [3.63, 3.8) is 0 Å². The van der Waals surface area contributed by atoms with Gasteiger partial charge < -0.3 is 40.9 Å². The van der Waals surface area contributed by atoms with Crippen molar-refractivity contribution in [1.29, 1.82) is 0 Å². The third kappa shape index (κ3) is 3.10. The Hall–Kier alpha value is -4.74. The standard InChI is InChI=1S/C20H18N2O10/c1-7-8(2)14(24)15(25)11(13(7)23)21(9-4-3-5-10(6-9)22(31)32)12-16(26)18(28)20(30)19(29)17(12)27/h3-6,23-30H,1-2H3. The second-order valence-corrected chi connectivity index (χ2v) is 6.85. The lowest BCUT2D eigenvalue weighted by molar-refractivity contribution is -0.384. The maximum atomic E-state index is 11.3. The number of aromatic hydroxyl groups is 8. The fourth-order valence-electron chi connectivity index (χ4n) is 3.15. The van der Waals surface area contributed by atoms with Crippen molar-refractivity contribution in [2.75, 3.05) is 4.90 Å². The first kappa shape index (κ1) is 22.0. The first-order chi connectivity index (χ1) is 14.9. The normalized spacial score (nSPS) is 10.8. The molecule has 12 heteroatoms. The van der Waals surface area contributed by atoms with Crippen LogP contribution in [0.4, 0.5) is 22.7 Å². The molecule has 0 amide bonds. The minimum Gasteiger partial charge on any atom is -0.505 e. The largest absolute Gasteiger partial charge is 0.505 e. The highest BCUT2D eigenvalue weighted by molar-refractivity contribution is 5.94. The molecule has 0 atom stereocenters. The molecule has 168 valence electrons. The van der Waals surface area contributed by atoms with Crippen LogP contribution in [0.25, 0.3) is 0 Å². The number of rotatable bonds is 4. The zero-order chi connectivity index (χ0) is 24.1. The summed E-state index contributed by atoms with van der Waals surface area (Å²) in [5.74, 6) is -8.49. The molecule has 0 spiro atoms. The minimum atomic E-state index is -1.27. The molecule has 0 heterocycles. The Morgan fingerprint density at radius 2 is 1.12 bits per heavy atom. The summed E-state index contributed by atoms with van der Waals surface area (Å²) in [4.78, 5) is 11.2. The number of nitro benzene ring substituents is 1. The molecule has 0 aliphatic heterocycles. The highest BCUT2D eigenvalue weighted by Crippen LogP contribution is 2.61. The second-order valence-electron chi connectivity index (χ2n) is 6.85. The number of hydrogen-bond acceptors (Lipinski definition) is 11. The summed E-state index contributed by atoms with van der Waals surface area (Å²) in [7, 11) is 0. The fraction of sp³-hybridized carbons (Fsp3) is 0.100. The molecule has 3 rings (SSSR count). The number of hydrogen-bond donors (Lipinski definition) is 8. The maximum Gasteiger partial charge on any atom is 0.271 e. The Morgan fingerprint density at radius 3 is 1.66 bits per heavy atom. The van der Waals surface area contributed by atoms with E-state index in [4.69, 9.17) is 0 Å². The van der Waals surface area contributed by atoms with Crippen LogP contribution in [0.1, 0.15) is 11.1 Å². The third-order valence-electron chi connectivity index (χ3n) is 5.04. The molecule has 12 nitrogen and oxygen atoms in total. The smallest absolute Gasteiger partial charge is 0.271 e. The highest BCUT2D eigenvalue weighted by Gasteiger charge is 2.34. The molecule has 8 N–H and O–H groups in total. The molecule has 0 aliphatic rings. The van der Waals surface area contributed by atoms with Crippen LogP contribution >= 0.6 is 0 Å². The van der Waals surface area contributed by atoms with Gasteiger partial charge in [0.1, 0.15) is 17.1 Å². The number of phenolic OH excluding ortho intramolecular Hbond substituents is 8. The number of nitrogens with zero attached hydrogens (tertiary/aromatic N) is 2. The van der Waals surface area contributed by atoms with Crippen molar-refractivity contribution in [3.05, 3.63) is 45.5 Å². The Bertz CT molecular complexity index is 1140. The van der Waals surface area contributed by atoms with Gasteiger partial charge in [-0.15, -0.1) is 0 Å². The Balaban J connectivity index is 2.53. The van der Waals surface area contributed by atoms with Gasteiger partial charge in [-0.05, 0) is 25.5 Å². The molecule has 0 aromatic heterocycles. The Kier molecular flexibility index (Phi) is 5.15. The summed E-state index contributed by atoms with van der Waals surface area (Å²) < 4.78 is 0. The molecule has 0 fully saturated rings. The van der Waals surface area contributed by atoms with E-state index < -0.39 is 68.0 Å². The van der Waals surface area contributed by atoms with E-state index in [1.165, 1.54) is 26.0 Å². The van der Waals surface area contributed by atoms with Crippen LogP contribution in [0.3, 0.4) is 0 Å². The molecule has 0 aliphatic carbocycles. The van der Waals surface area contributed by atoms with Crippen molar-refractivity contribution >= 4 is 22.7 Å². The van der Waals surface area contributed by atoms with Crippen molar-refractivity contribution in [1.82, 2.24) is 0 Å². The van der Waals surface area contributed by atoms with Gasteiger partial charge in [-0.25, -0.2) is 0 Å². The fourth-order valence-corrected chi connectivity index (χ4v) is 3.15. The number of phenols is 8. The summed E-state index contributed by atoms with van der Waals surface area (Å²) in [6.45, 7) is 2.77. The van der Waals surface area contributed by atoms with Crippen molar-refractivity contribution in [2.45, 2.75) is 13.8 Å². The molecule has 32 heavy (non-hydrogen) atoms. The van der Waals surface area contributed by atoms with E-state index in [2.05, 4.69) is 0 Å². The monoisotopic (exact) mass is 446 g/mol. The topological polar surface area (TPSA) is 208 Å². The summed E-state index contributed by atoms with van der Waals surface area (Å²) in [6.07, 6.45) is 0. The lowest BCUT2D eigenvalue weighted by atomic mass is 10.0. The zero-order valence-electron chi connectivity index (χ0n) is 16.6. The lowest BCUT2D eigenvalue weighted by Gasteiger charge is -2.29. The van der Waals surface area contributed by atoms with Gasteiger partial charge in [0.2, 0.25) is 17.2 Å². The molecule has 0 unspecified atom stereocenters. The van der Waals surface area contributed by atoms with E-state index in [0.717, 1.165) is 12.1 Å². The zero-order valence-corrected chi connectivity index (χ0v) is 16.6. The van der Waals surface area contributed by atoms with Crippen molar-refractivity contribution < 1.29 is 45.8 Å². The average Bonchev–Trinajstić information content (AvgIpc) is 2.78. The van der Waals surface area contributed by atoms with Crippen LogP contribution in [0.5, 0.6) is 46.0 Å². The van der Waals surface area contributed by atoms with E-state index >= 15 is 0 Å². The number of non-ortho nitro benzene ring substituents is 1. The summed E-state index contributed by atoms with van der Waals surface area (Å²) in [5.41, 5.74) is -2.08. The van der Waals surface area contributed by atoms with Gasteiger partial charge in [-0.1, -0.05) is 6.07 Å². The van der Waals surface area contributed by atoms with Gasteiger partial charge in [0.25, 0.3) is 5.69 Å². The van der Waals surface area contributed by atoms with Gasteiger partial charge in [-0.2, -0.15) is 0 Å². The van der Waals surface area contributed by atoms with E-state index in [-0.39, 0.29) is 16.8 Å². The lowest BCUT2D eigenvalue weighted by Crippen LogP contribution is -2.12. The highest BCUT2D eigenvalue weighted by atomic mass is 16.6. The van der Waals surface area contributed by atoms with Gasteiger partial charge in [0, 0.05) is 17.7 Å². The van der Waals surface area contributed by atoms with E-state index in [9.17, 15) is 51.0 Å². The molecule has 3 aromatic carbocycles. The van der Waals surface area contributed by atoms with Crippen LogP contribution in [-0.4, -0.2) is 45.8 Å². The molecule has 0 saturated carbocycles. The molecule has 0 radical (unpaired) electrons. The average molecular weight is 446 g/mol. The minimum absolute atomic E-state index is 0.0666. The van der Waals surface area contributed by atoms with Gasteiger partial charge in [0.05, 0.1) is 10.6 Å². The number of benzene rings is 3. The summed E-state index contributed by atoms with van der Waals surface area (Å²) in [5, 5.41) is 93.5. The molecular formula is C20H18N2O10.